The quantitative estimate of drug-likeness (QED) is 0.470. The predicted molar refractivity (Wildman–Crippen MR) is 69.1 cm³/mol. The largest absolute Gasteiger partial charge is 0.465 e. The Hall–Kier alpha value is -1.19. The molecule has 0 rings (SSSR count). The van der Waals surface area contributed by atoms with Gasteiger partial charge in [0.05, 0.1) is 6.61 Å². The topological polar surface area (TPSA) is 60.4 Å². The van der Waals surface area contributed by atoms with Gasteiger partial charge in [-0.3, -0.25) is 14.4 Å². The fraction of sp³-hybridized carbons (Fsp3) is 0.786. The zero-order chi connectivity index (χ0) is 14.1. The molecule has 0 aromatic carbocycles. The van der Waals surface area contributed by atoms with E-state index in [-0.39, 0.29) is 18.3 Å². The monoisotopic (exact) mass is 256 g/mol. The molecule has 0 saturated heterocycles. The van der Waals surface area contributed by atoms with Gasteiger partial charge in [-0.25, -0.2) is 0 Å². The number of hydrogen-bond acceptors (Lipinski definition) is 4. The van der Waals surface area contributed by atoms with Crippen LogP contribution in [0.4, 0.5) is 0 Å². The van der Waals surface area contributed by atoms with Crippen molar-refractivity contribution in [3.05, 3.63) is 0 Å². The first kappa shape index (κ1) is 16.8. The van der Waals surface area contributed by atoms with Crippen LogP contribution in [0.2, 0.25) is 0 Å². The highest BCUT2D eigenvalue weighted by Crippen LogP contribution is 2.20. The van der Waals surface area contributed by atoms with E-state index < -0.39 is 17.7 Å². The third-order valence-electron chi connectivity index (χ3n) is 2.89. The maximum atomic E-state index is 12.3. The molecule has 0 unspecified atom stereocenters. The van der Waals surface area contributed by atoms with Gasteiger partial charge in [0.25, 0.3) is 0 Å². The lowest BCUT2D eigenvalue weighted by Gasteiger charge is -2.19. The number of ether oxygens (including phenoxy) is 1. The molecule has 0 aliphatic rings. The molecule has 0 fully saturated rings. The zero-order valence-electron chi connectivity index (χ0n) is 11.8. The number of hydrogen-bond donors (Lipinski definition) is 0. The van der Waals surface area contributed by atoms with Crippen molar-refractivity contribution in [2.75, 3.05) is 6.61 Å². The van der Waals surface area contributed by atoms with E-state index in [1.54, 1.807) is 6.92 Å². The second-order valence-electron chi connectivity index (χ2n) is 4.47. The zero-order valence-corrected chi connectivity index (χ0v) is 11.8. The number of ketones is 2. The lowest BCUT2D eigenvalue weighted by Crippen LogP contribution is -2.36. The van der Waals surface area contributed by atoms with Crippen LogP contribution in [0.3, 0.4) is 0 Å². The molecule has 0 aliphatic carbocycles. The minimum Gasteiger partial charge on any atom is -0.465 e. The SMILES string of the molecule is CCCC(CCC)C(=O)[C@@H](C(C)=O)C(=O)OCC. The van der Waals surface area contributed by atoms with E-state index >= 15 is 0 Å². The van der Waals surface area contributed by atoms with Crippen molar-refractivity contribution in [1.29, 1.82) is 0 Å². The van der Waals surface area contributed by atoms with E-state index in [0.717, 1.165) is 25.7 Å². The van der Waals surface area contributed by atoms with Crippen LogP contribution in [-0.4, -0.2) is 24.1 Å². The van der Waals surface area contributed by atoms with Gasteiger partial charge in [-0.15, -0.1) is 0 Å². The number of esters is 1. The maximum absolute atomic E-state index is 12.3. The fourth-order valence-electron chi connectivity index (χ4n) is 2.07. The van der Waals surface area contributed by atoms with Gasteiger partial charge in [0, 0.05) is 5.92 Å². The van der Waals surface area contributed by atoms with Gasteiger partial charge in [0.1, 0.15) is 0 Å². The molecule has 0 saturated carbocycles. The lowest BCUT2D eigenvalue weighted by atomic mass is 9.85. The highest BCUT2D eigenvalue weighted by atomic mass is 16.5. The summed E-state index contributed by atoms with van der Waals surface area (Å²) in [7, 11) is 0. The molecule has 0 aromatic heterocycles. The van der Waals surface area contributed by atoms with Gasteiger partial charge in [-0.1, -0.05) is 26.7 Å². The summed E-state index contributed by atoms with van der Waals surface area (Å²) >= 11 is 0. The number of Topliss-reactive ketones (excluding diaryl/α,β-unsaturated/α-hetero) is 2. The minimum absolute atomic E-state index is 0.183. The number of rotatable bonds is 9. The Morgan fingerprint density at radius 3 is 1.83 bits per heavy atom. The summed E-state index contributed by atoms with van der Waals surface area (Å²) in [6, 6.07) is 0. The molecule has 0 bridgehead atoms. The third-order valence-corrected chi connectivity index (χ3v) is 2.89. The van der Waals surface area contributed by atoms with Crippen LogP contribution in [0, 0.1) is 11.8 Å². The number of carbonyl (C=O) groups is 3. The summed E-state index contributed by atoms with van der Waals surface area (Å²) in [6.07, 6.45) is 3.17. The van der Waals surface area contributed by atoms with E-state index in [4.69, 9.17) is 4.74 Å². The van der Waals surface area contributed by atoms with E-state index in [1.807, 2.05) is 13.8 Å². The van der Waals surface area contributed by atoms with E-state index in [1.165, 1.54) is 6.92 Å². The van der Waals surface area contributed by atoms with Gasteiger partial charge < -0.3 is 4.74 Å². The molecular formula is C14H24O4. The summed E-state index contributed by atoms with van der Waals surface area (Å²) < 4.78 is 4.81. The van der Waals surface area contributed by atoms with Crippen molar-refractivity contribution in [2.24, 2.45) is 11.8 Å². The van der Waals surface area contributed by atoms with Gasteiger partial charge in [-0.05, 0) is 26.7 Å². The fourth-order valence-corrected chi connectivity index (χ4v) is 2.07. The van der Waals surface area contributed by atoms with Crippen molar-refractivity contribution in [3.8, 4) is 0 Å². The Morgan fingerprint density at radius 2 is 1.50 bits per heavy atom. The second kappa shape index (κ2) is 8.84. The molecular weight excluding hydrogens is 232 g/mol. The molecule has 0 heterocycles. The van der Waals surface area contributed by atoms with Crippen molar-refractivity contribution in [1.82, 2.24) is 0 Å². The van der Waals surface area contributed by atoms with Crippen LogP contribution in [0.5, 0.6) is 0 Å². The predicted octanol–water partition coefficient (Wildman–Crippen LogP) is 2.54. The van der Waals surface area contributed by atoms with Gasteiger partial charge in [0.15, 0.2) is 17.5 Å². The molecule has 104 valence electrons. The molecule has 1 atom stereocenters. The van der Waals surface area contributed by atoms with Crippen LogP contribution < -0.4 is 0 Å². The smallest absolute Gasteiger partial charge is 0.324 e. The van der Waals surface area contributed by atoms with Gasteiger partial charge in [-0.2, -0.15) is 0 Å². The maximum Gasteiger partial charge on any atom is 0.324 e. The molecule has 0 amide bonds. The molecule has 0 aromatic rings. The standard InChI is InChI=1S/C14H24O4/c1-5-8-11(9-6-2)13(16)12(10(4)15)14(17)18-7-3/h11-12H,5-9H2,1-4H3/t12-/m1/s1. The van der Waals surface area contributed by atoms with Crippen LogP contribution in [0.1, 0.15) is 53.4 Å². The van der Waals surface area contributed by atoms with Crippen LogP contribution >= 0.6 is 0 Å². The normalized spacial score (nSPS) is 12.3. The lowest BCUT2D eigenvalue weighted by molar-refractivity contribution is -0.155. The molecule has 18 heavy (non-hydrogen) atoms. The Balaban J connectivity index is 4.92. The summed E-state index contributed by atoms with van der Waals surface area (Å²) in [5.41, 5.74) is 0. The Morgan fingerprint density at radius 1 is 1.00 bits per heavy atom. The molecule has 4 nitrogen and oxygen atoms in total. The van der Waals surface area contributed by atoms with Gasteiger partial charge in [0.2, 0.25) is 0 Å². The van der Waals surface area contributed by atoms with Crippen LogP contribution in [0.15, 0.2) is 0 Å². The summed E-state index contributed by atoms with van der Waals surface area (Å²) in [5.74, 6) is -2.83. The summed E-state index contributed by atoms with van der Waals surface area (Å²) in [5, 5.41) is 0. The summed E-state index contributed by atoms with van der Waals surface area (Å²) in [4.78, 5) is 35.4. The van der Waals surface area contributed by atoms with Crippen molar-refractivity contribution in [2.45, 2.75) is 53.4 Å². The highest BCUT2D eigenvalue weighted by Gasteiger charge is 2.36. The second-order valence-corrected chi connectivity index (χ2v) is 4.47. The summed E-state index contributed by atoms with van der Waals surface area (Å²) in [6.45, 7) is 7.10. The van der Waals surface area contributed by atoms with E-state index in [9.17, 15) is 14.4 Å². The third kappa shape index (κ3) is 4.98. The average molecular weight is 256 g/mol. The molecule has 0 aliphatic heterocycles. The average Bonchev–Trinajstić information content (AvgIpc) is 2.28. The van der Waals surface area contributed by atoms with Crippen molar-refractivity contribution >= 4 is 17.5 Å². The first-order valence-electron chi connectivity index (χ1n) is 6.70. The van der Waals surface area contributed by atoms with Gasteiger partial charge >= 0.3 is 5.97 Å². The van der Waals surface area contributed by atoms with Crippen molar-refractivity contribution in [3.63, 3.8) is 0 Å². The number of carbonyl (C=O) groups excluding carboxylic acids is 3. The Bertz CT molecular complexity index is 290. The minimum atomic E-state index is -1.23. The molecule has 0 N–H and O–H groups in total. The van der Waals surface area contributed by atoms with E-state index in [2.05, 4.69) is 0 Å². The van der Waals surface area contributed by atoms with E-state index in [0.29, 0.717) is 0 Å². The van der Waals surface area contributed by atoms with Crippen LogP contribution in [-0.2, 0) is 19.1 Å². The highest BCUT2D eigenvalue weighted by molar-refractivity contribution is 6.17. The molecule has 4 heteroatoms. The first-order valence-corrected chi connectivity index (χ1v) is 6.70. The Kier molecular flexibility index (Phi) is 8.25. The Labute approximate surface area is 109 Å². The molecule has 0 spiro atoms. The van der Waals surface area contributed by atoms with Crippen LogP contribution in [0.25, 0.3) is 0 Å². The molecule has 0 radical (unpaired) electrons. The van der Waals surface area contributed by atoms with Crippen molar-refractivity contribution < 1.29 is 19.1 Å². The first-order chi connectivity index (χ1) is 8.49.